The Labute approximate surface area is 168 Å². The number of anilines is 1. The first-order chi connectivity index (χ1) is 14.0. The third kappa shape index (κ3) is 2.23. The van der Waals surface area contributed by atoms with Crippen LogP contribution in [0.4, 0.5) is 5.69 Å². The number of carbonyl (C=O) groups is 3. The molecular formula is C23H22N2O4. The number of carbonyl (C=O) groups excluding carboxylic acids is 3. The highest BCUT2D eigenvalue weighted by atomic mass is 16.6. The van der Waals surface area contributed by atoms with Crippen molar-refractivity contribution >= 4 is 23.4 Å². The van der Waals surface area contributed by atoms with Gasteiger partial charge in [0.05, 0.1) is 11.6 Å². The van der Waals surface area contributed by atoms with E-state index < -0.39 is 23.2 Å². The average molecular weight is 390 g/mol. The minimum Gasteiger partial charge on any atom is -0.333 e. The van der Waals surface area contributed by atoms with Crippen molar-refractivity contribution < 1.29 is 19.1 Å². The molecule has 4 atom stereocenters. The first-order valence-electron chi connectivity index (χ1n) is 10.1. The van der Waals surface area contributed by atoms with Gasteiger partial charge in [-0.1, -0.05) is 68.3 Å². The van der Waals surface area contributed by atoms with E-state index in [0.717, 1.165) is 12.8 Å². The fourth-order valence-electron chi connectivity index (χ4n) is 5.12. The molecule has 3 amide bonds. The second kappa shape index (κ2) is 6.26. The van der Waals surface area contributed by atoms with Gasteiger partial charge in [0.1, 0.15) is 5.92 Å². The van der Waals surface area contributed by atoms with Gasteiger partial charge in [-0.2, -0.15) is 0 Å². The Bertz CT molecular complexity index is 992. The number of ether oxygens (including phenoxy) is 1. The van der Waals surface area contributed by atoms with E-state index in [9.17, 15) is 14.4 Å². The molecule has 148 valence electrons. The minimum absolute atomic E-state index is 0.299. The van der Waals surface area contributed by atoms with Crippen LogP contribution in [-0.2, 0) is 24.8 Å². The molecule has 1 N–H and O–H groups in total. The van der Waals surface area contributed by atoms with E-state index in [2.05, 4.69) is 5.32 Å². The number of hydrogen-bond acceptors (Lipinski definition) is 4. The number of nitrogens with zero attached hydrogens (tertiary/aromatic N) is 1. The molecule has 3 heterocycles. The highest BCUT2D eigenvalue weighted by molar-refractivity contribution is 6.25. The highest BCUT2D eigenvalue weighted by Gasteiger charge is 2.79. The summed E-state index contributed by atoms with van der Waals surface area (Å²) in [6.07, 6.45) is 2.00. The molecule has 0 saturated carbocycles. The van der Waals surface area contributed by atoms with Crippen LogP contribution < -0.4 is 10.2 Å². The predicted molar refractivity (Wildman–Crippen MR) is 106 cm³/mol. The van der Waals surface area contributed by atoms with Crippen LogP contribution in [0.5, 0.6) is 0 Å². The number of fused-ring (bicyclic) bond motifs is 5. The summed E-state index contributed by atoms with van der Waals surface area (Å²) in [6.45, 7) is 2.03. The van der Waals surface area contributed by atoms with Crippen molar-refractivity contribution in [1.82, 2.24) is 5.32 Å². The molecule has 0 aliphatic carbocycles. The largest absolute Gasteiger partial charge is 0.333 e. The van der Waals surface area contributed by atoms with Crippen LogP contribution in [0.1, 0.15) is 31.7 Å². The van der Waals surface area contributed by atoms with Crippen LogP contribution >= 0.6 is 0 Å². The van der Waals surface area contributed by atoms with Gasteiger partial charge in [0.2, 0.25) is 11.8 Å². The SMILES string of the molecule is CCCC[C@]12O[C@](c3ccccc3)(NC1=O)[C@@H]1C(=O)N(c3ccccc3)C(=O)[C@@H]12. The number of unbranched alkanes of at least 4 members (excludes halogenated alkanes) is 1. The lowest BCUT2D eigenvalue weighted by Gasteiger charge is -2.32. The number of rotatable bonds is 5. The Morgan fingerprint density at radius 2 is 1.55 bits per heavy atom. The molecule has 6 heteroatoms. The smallest absolute Gasteiger partial charge is 0.255 e. The zero-order valence-electron chi connectivity index (χ0n) is 16.1. The lowest BCUT2D eigenvalue weighted by atomic mass is 9.72. The number of amides is 3. The molecule has 29 heavy (non-hydrogen) atoms. The number of nitrogens with one attached hydrogen (secondary N) is 1. The normalized spacial score (nSPS) is 32.6. The van der Waals surface area contributed by atoms with Gasteiger partial charge in [-0.3, -0.25) is 14.4 Å². The van der Waals surface area contributed by atoms with Crippen LogP contribution in [-0.4, -0.2) is 23.3 Å². The van der Waals surface area contributed by atoms with Gasteiger partial charge in [-0.15, -0.1) is 0 Å². The Morgan fingerprint density at radius 1 is 0.931 bits per heavy atom. The summed E-state index contributed by atoms with van der Waals surface area (Å²) >= 11 is 0. The van der Waals surface area contributed by atoms with Crippen LogP contribution in [0.15, 0.2) is 60.7 Å². The second-order valence-corrected chi connectivity index (χ2v) is 7.95. The molecular weight excluding hydrogens is 368 g/mol. The zero-order valence-corrected chi connectivity index (χ0v) is 16.1. The van der Waals surface area contributed by atoms with Crippen molar-refractivity contribution in [2.45, 2.75) is 37.5 Å². The van der Waals surface area contributed by atoms with Gasteiger partial charge in [-0.05, 0) is 18.6 Å². The Hall–Kier alpha value is -2.99. The van der Waals surface area contributed by atoms with E-state index in [0.29, 0.717) is 17.7 Å². The second-order valence-electron chi connectivity index (χ2n) is 7.95. The van der Waals surface area contributed by atoms with Gasteiger partial charge >= 0.3 is 0 Å². The summed E-state index contributed by atoms with van der Waals surface area (Å²) in [5.74, 6) is -2.58. The minimum atomic E-state index is -1.31. The molecule has 0 spiro atoms. The van der Waals surface area contributed by atoms with Crippen LogP contribution in [0, 0.1) is 11.8 Å². The first-order valence-corrected chi connectivity index (χ1v) is 10.1. The fraction of sp³-hybridized carbons (Fsp3) is 0.348. The molecule has 2 aromatic carbocycles. The Balaban J connectivity index is 1.68. The van der Waals surface area contributed by atoms with Gasteiger partial charge in [-0.25, -0.2) is 4.90 Å². The summed E-state index contributed by atoms with van der Waals surface area (Å²) in [5, 5.41) is 2.97. The van der Waals surface area contributed by atoms with Gasteiger partial charge in [0.25, 0.3) is 5.91 Å². The summed E-state index contributed by atoms with van der Waals surface area (Å²) in [5.41, 5.74) is -1.41. The lowest BCUT2D eigenvalue weighted by Crippen LogP contribution is -2.56. The molecule has 3 aliphatic heterocycles. The summed E-state index contributed by atoms with van der Waals surface area (Å²) in [4.78, 5) is 41.5. The molecule has 2 bridgehead atoms. The van der Waals surface area contributed by atoms with Crippen molar-refractivity contribution in [3.63, 3.8) is 0 Å². The molecule has 0 radical (unpaired) electrons. The number of piperidine rings is 1. The van der Waals surface area contributed by atoms with E-state index in [4.69, 9.17) is 4.74 Å². The van der Waals surface area contributed by atoms with Crippen molar-refractivity contribution in [3.8, 4) is 0 Å². The maximum atomic E-state index is 13.6. The van der Waals surface area contributed by atoms with Gasteiger partial charge in [0.15, 0.2) is 11.3 Å². The number of benzene rings is 2. The molecule has 3 fully saturated rings. The third-order valence-electron chi connectivity index (χ3n) is 6.39. The standard InChI is InChI=1S/C23H22N2O4/c1-2-3-14-22-17-18(20(27)25(19(17)26)16-12-8-5-9-13-16)23(29-22,24-21(22)28)15-10-6-4-7-11-15/h4-13,17-18H,2-3,14H2,1H3,(H,24,28)/t17-,18+,22-,23+/m1/s1. The molecule has 0 unspecified atom stereocenters. The summed E-state index contributed by atoms with van der Waals surface area (Å²) in [6, 6.07) is 18.1. The Morgan fingerprint density at radius 3 is 2.21 bits per heavy atom. The fourth-order valence-corrected chi connectivity index (χ4v) is 5.12. The Kier molecular flexibility index (Phi) is 3.90. The topological polar surface area (TPSA) is 75.7 Å². The summed E-state index contributed by atoms with van der Waals surface area (Å²) in [7, 11) is 0. The number of imide groups is 1. The van der Waals surface area contributed by atoms with Crippen molar-refractivity contribution in [1.29, 1.82) is 0 Å². The maximum Gasteiger partial charge on any atom is 0.255 e. The van der Waals surface area contributed by atoms with Crippen LogP contribution in [0.3, 0.4) is 0 Å². The molecule has 3 aliphatic rings. The monoisotopic (exact) mass is 390 g/mol. The van der Waals surface area contributed by atoms with Crippen molar-refractivity contribution in [3.05, 3.63) is 66.2 Å². The van der Waals surface area contributed by atoms with E-state index in [1.807, 2.05) is 43.3 Å². The molecule has 5 rings (SSSR count). The van der Waals surface area contributed by atoms with E-state index in [1.165, 1.54) is 4.90 Å². The van der Waals surface area contributed by atoms with Crippen molar-refractivity contribution in [2.75, 3.05) is 4.90 Å². The zero-order chi connectivity index (χ0) is 20.2. The molecule has 6 nitrogen and oxygen atoms in total. The van der Waals surface area contributed by atoms with Gasteiger partial charge in [0, 0.05) is 5.56 Å². The maximum absolute atomic E-state index is 13.6. The lowest BCUT2D eigenvalue weighted by molar-refractivity contribution is -0.143. The predicted octanol–water partition coefficient (Wildman–Crippen LogP) is 2.73. The van der Waals surface area contributed by atoms with Crippen molar-refractivity contribution in [2.24, 2.45) is 11.8 Å². The number of hydrogen-bond donors (Lipinski definition) is 1. The van der Waals surface area contributed by atoms with E-state index in [1.54, 1.807) is 24.3 Å². The van der Waals surface area contributed by atoms with E-state index in [-0.39, 0.29) is 17.7 Å². The van der Waals surface area contributed by atoms with Crippen LogP contribution in [0.2, 0.25) is 0 Å². The highest BCUT2D eigenvalue weighted by Crippen LogP contribution is 2.61. The molecule has 0 aromatic heterocycles. The molecule has 2 aromatic rings. The third-order valence-corrected chi connectivity index (χ3v) is 6.39. The first kappa shape index (κ1) is 18.1. The van der Waals surface area contributed by atoms with Gasteiger partial charge < -0.3 is 10.1 Å². The number of para-hydroxylation sites is 1. The summed E-state index contributed by atoms with van der Waals surface area (Å²) < 4.78 is 6.41. The van der Waals surface area contributed by atoms with E-state index >= 15 is 0 Å². The average Bonchev–Trinajstić information content (AvgIpc) is 3.32. The van der Waals surface area contributed by atoms with Crippen LogP contribution in [0.25, 0.3) is 0 Å². The quantitative estimate of drug-likeness (QED) is 0.797. The molecule has 3 saturated heterocycles.